The van der Waals surface area contributed by atoms with Gasteiger partial charge in [-0.1, -0.05) is 247 Å². The van der Waals surface area contributed by atoms with E-state index in [1.165, 1.54) is 167 Å². The van der Waals surface area contributed by atoms with Crippen LogP contribution in [0.25, 0.3) is 0 Å². The molecule has 0 aromatic rings. The molecule has 0 radical (unpaired) electrons. The third-order valence-electron chi connectivity index (χ3n) is 11.9. The average molecular weight is 835 g/mol. The molecule has 0 N–H and O–H groups in total. The summed E-state index contributed by atoms with van der Waals surface area (Å²) in [7, 11) is 0. The molecule has 0 spiro atoms. The maximum absolute atomic E-state index is 12.8. The zero-order valence-electron chi connectivity index (χ0n) is 40.5. The highest BCUT2D eigenvalue weighted by atomic mass is 16.6. The predicted molar refractivity (Wildman–Crippen MR) is 252 cm³/mol. The van der Waals surface area contributed by atoms with Crippen LogP contribution < -0.4 is 0 Å². The number of hydrogen-bond acceptors (Lipinski definition) is 6. The van der Waals surface area contributed by atoms with Crippen molar-refractivity contribution in [2.24, 2.45) is 17.8 Å². The summed E-state index contributed by atoms with van der Waals surface area (Å²) in [5, 5.41) is 0. The lowest BCUT2D eigenvalue weighted by atomic mass is 10.0. The van der Waals surface area contributed by atoms with E-state index < -0.39 is 6.10 Å². The summed E-state index contributed by atoms with van der Waals surface area (Å²) in [6.07, 6.45) is 43.8. The van der Waals surface area contributed by atoms with Gasteiger partial charge in [-0.3, -0.25) is 14.4 Å². The molecule has 1 atom stereocenters. The minimum absolute atomic E-state index is 0.0648. The van der Waals surface area contributed by atoms with Crippen LogP contribution in [0.1, 0.15) is 286 Å². The Hall–Kier alpha value is -1.59. The first-order valence-corrected chi connectivity index (χ1v) is 26.1. The maximum Gasteiger partial charge on any atom is 0.306 e. The number of carbonyl (C=O) groups is 3. The van der Waals surface area contributed by atoms with Gasteiger partial charge in [0.05, 0.1) is 0 Å². The molecular weight excluding hydrogens is 733 g/mol. The molecule has 0 aliphatic heterocycles. The first-order valence-electron chi connectivity index (χ1n) is 26.1. The van der Waals surface area contributed by atoms with Gasteiger partial charge in [-0.2, -0.15) is 0 Å². The van der Waals surface area contributed by atoms with Crippen LogP contribution in [0, 0.1) is 17.8 Å². The number of hydrogen-bond donors (Lipinski definition) is 0. The Kier molecular flexibility index (Phi) is 43.3. The standard InChI is InChI=1S/C53H102O6/c1-47(2)39-33-27-21-15-11-8-7-9-13-17-24-30-36-42-51(54)57-45-50(46-58-52(55)43-37-31-25-20-19-23-29-35-41-49(5)6)59-53(56)44-38-32-26-18-14-10-12-16-22-28-34-40-48(3)4/h47-50H,7-46H2,1-6H3/t50-/m1/s1. The second-order valence-corrected chi connectivity index (χ2v) is 19.6. The summed E-state index contributed by atoms with van der Waals surface area (Å²) in [5.41, 5.74) is 0. The van der Waals surface area contributed by atoms with E-state index in [2.05, 4.69) is 41.5 Å². The summed E-state index contributed by atoms with van der Waals surface area (Å²) in [4.78, 5) is 37.9. The molecule has 6 nitrogen and oxygen atoms in total. The molecule has 0 unspecified atom stereocenters. The van der Waals surface area contributed by atoms with E-state index in [-0.39, 0.29) is 31.1 Å². The smallest absolute Gasteiger partial charge is 0.306 e. The molecule has 0 amide bonds. The Balaban J connectivity index is 4.30. The van der Waals surface area contributed by atoms with Gasteiger partial charge < -0.3 is 14.2 Å². The highest BCUT2D eigenvalue weighted by Crippen LogP contribution is 2.18. The highest BCUT2D eigenvalue weighted by molar-refractivity contribution is 5.71. The Morgan fingerprint density at radius 3 is 0.729 bits per heavy atom. The Bertz CT molecular complexity index is 914. The van der Waals surface area contributed by atoms with E-state index in [1.807, 2.05) is 0 Å². The molecule has 0 aromatic heterocycles. The van der Waals surface area contributed by atoms with E-state index in [1.54, 1.807) is 0 Å². The summed E-state index contributed by atoms with van der Waals surface area (Å²) >= 11 is 0. The topological polar surface area (TPSA) is 78.9 Å². The van der Waals surface area contributed by atoms with Gasteiger partial charge in [-0.05, 0) is 37.0 Å². The van der Waals surface area contributed by atoms with E-state index in [0.717, 1.165) is 75.5 Å². The molecular formula is C53H102O6. The predicted octanol–water partition coefficient (Wildman–Crippen LogP) is 16.8. The lowest BCUT2D eigenvalue weighted by molar-refractivity contribution is -0.167. The summed E-state index contributed by atoms with van der Waals surface area (Å²) in [6.45, 7) is 13.7. The van der Waals surface area contributed by atoms with Crippen molar-refractivity contribution in [2.75, 3.05) is 13.2 Å². The van der Waals surface area contributed by atoms with Gasteiger partial charge in [0.25, 0.3) is 0 Å². The number of esters is 3. The van der Waals surface area contributed by atoms with Crippen molar-refractivity contribution in [3.63, 3.8) is 0 Å². The van der Waals surface area contributed by atoms with Crippen molar-refractivity contribution in [3.05, 3.63) is 0 Å². The molecule has 0 saturated heterocycles. The first kappa shape index (κ1) is 57.4. The molecule has 59 heavy (non-hydrogen) atoms. The van der Waals surface area contributed by atoms with Crippen LogP contribution in [-0.4, -0.2) is 37.2 Å². The van der Waals surface area contributed by atoms with Crippen LogP contribution >= 0.6 is 0 Å². The van der Waals surface area contributed by atoms with E-state index in [0.29, 0.717) is 19.3 Å². The van der Waals surface area contributed by atoms with Crippen molar-refractivity contribution >= 4 is 17.9 Å². The van der Waals surface area contributed by atoms with Crippen LogP contribution in [0.5, 0.6) is 0 Å². The Morgan fingerprint density at radius 1 is 0.288 bits per heavy atom. The van der Waals surface area contributed by atoms with Gasteiger partial charge in [0.1, 0.15) is 13.2 Å². The number of ether oxygens (including phenoxy) is 3. The molecule has 0 bridgehead atoms. The summed E-state index contributed by atoms with van der Waals surface area (Å²) in [5.74, 6) is 1.61. The summed E-state index contributed by atoms with van der Waals surface area (Å²) < 4.78 is 16.8. The molecule has 0 aliphatic carbocycles. The second-order valence-electron chi connectivity index (χ2n) is 19.6. The molecule has 0 rings (SSSR count). The Labute approximate surface area is 368 Å². The largest absolute Gasteiger partial charge is 0.462 e. The van der Waals surface area contributed by atoms with Gasteiger partial charge in [0, 0.05) is 19.3 Å². The van der Waals surface area contributed by atoms with Crippen molar-refractivity contribution < 1.29 is 28.6 Å². The van der Waals surface area contributed by atoms with E-state index >= 15 is 0 Å². The third kappa shape index (κ3) is 47.3. The van der Waals surface area contributed by atoms with Gasteiger partial charge in [0.2, 0.25) is 0 Å². The molecule has 6 heteroatoms. The van der Waals surface area contributed by atoms with Gasteiger partial charge in [-0.25, -0.2) is 0 Å². The quantitative estimate of drug-likeness (QED) is 0.0345. The van der Waals surface area contributed by atoms with Crippen molar-refractivity contribution in [1.29, 1.82) is 0 Å². The fourth-order valence-electron chi connectivity index (χ4n) is 7.94. The molecule has 0 heterocycles. The number of carbonyl (C=O) groups excluding carboxylic acids is 3. The van der Waals surface area contributed by atoms with Crippen LogP contribution in [0.15, 0.2) is 0 Å². The molecule has 0 saturated carbocycles. The summed E-state index contributed by atoms with van der Waals surface area (Å²) in [6, 6.07) is 0. The lowest BCUT2D eigenvalue weighted by Gasteiger charge is -2.18. The maximum atomic E-state index is 12.8. The first-order chi connectivity index (χ1) is 28.6. The van der Waals surface area contributed by atoms with Crippen molar-refractivity contribution in [3.8, 4) is 0 Å². The van der Waals surface area contributed by atoms with Crippen LogP contribution in [-0.2, 0) is 28.6 Å². The second kappa shape index (κ2) is 44.5. The molecule has 0 aromatic carbocycles. The number of unbranched alkanes of at least 4 members (excludes halogenated alkanes) is 29. The van der Waals surface area contributed by atoms with Crippen molar-refractivity contribution in [2.45, 2.75) is 292 Å². The van der Waals surface area contributed by atoms with E-state index in [9.17, 15) is 14.4 Å². The molecule has 350 valence electrons. The zero-order chi connectivity index (χ0) is 43.4. The van der Waals surface area contributed by atoms with Crippen molar-refractivity contribution in [1.82, 2.24) is 0 Å². The Morgan fingerprint density at radius 2 is 0.492 bits per heavy atom. The minimum Gasteiger partial charge on any atom is -0.462 e. The van der Waals surface area contributed by atoms with E-state index in [4.69, 9.17) is 14.2 Å². The van der Waals surface area contributed by atoms with Crippen LogP contribution in [0.4, 0.5) is 0 Å². The zero-order valence-corrected chi connectivity index (χ0v) is 40.5. The molecule has 0 fully saturated rings. The third-order valence-corrected chi connectivity index (χ3v) is 11.9. The SMILES string of the molecule is CC(C)CCCCCCCCCCCCCCCC(=O)OC[C@H](COC(=O)CCCCCCCCCCC(C)C)OC(=O)CCCCCCCCCCCCCC(C)C. The van der Waals surface area contributed by atoms with Crippen LogP contribution in [0.3, 0.4) is 0 Å². The number of rotatable bonds is 46. The average Bonchev–Trinajstić information content (AvgIpc) is 3.19. The van der Waals surface area contributed by atoms with Gasteiger partial charge in [-0.15, -0.1) is 0 Å². The van der Waals surface area contributed by atoms with Crippen LogP contribution in [0.2, 0.25) is 0 Å². The normalized spacial score (nSPS) is 12.2. The van der Waals surface area contributed by atoms with Gasteiger partial charge in [0.15, 0.2) is 6.10 Å². The fourth-order valence-corrected chi connectivity index (χ4v) is 7.94. The minimum atomic E-state index is -0.763. The monoisotopic (exact) mass is 835 g/mol. The highest BCUT2D eigenvalue weighted by Gasteiger charge is 2.19. The van der Waals surface area contributed by atoms with Gasteiger partial charge >= 0.3 is 17.9 Å². The lowest BCUT2D eigenvalue weighted by Crippen LogP contribution is -2.30. The fraction of sp³-hybridized carbons (Fsp3) is 0.943. The molecule has 0 aliphatic rings.